The molecule has 1 aromatic carbocycles. The van der Waals surface area contributed by atoms with Crippen molar-refractivity contribution in [3.63, 3.8) is 0 Å². The molecule has 0 spiro atoms. The van der Waals surface area contributed by atoms with Gasteiger partial charge in [0.15, 0.2) is 0 Å². The topological polar surface area (TPSA) is 77.2 Å². The van der Waals surface area contributed by atoms with E-state index in [0.29, 0.717) is 17.0 Å². The largest absolute Gasteiger partial charge is 0.496 e. The molecule has 0 aliphatic rings. The highest BCUT2D eigenvalue weighted by atomic mass is 32.1. The number of methoxy groups -OCH3 is 1. The Balaban J connectivity index is 2.14. The fourth-order valence-electron chi connectivity index (χ4n) is 1.92. The van der Waals surface area contributed by atoms with E-state index in [1.165, 1.54) is 12.0 Å². The molecular weight excluding hydrogens is 286 g/mol. The number of thiazole rings is 1. The lowest BCUT2D eigenvalue weighted by molar-refractivity contribution is 0.0937. The molecule has 0 aliphatic heterocycles. The Bertz CT molecular complexity index is 640. The van der Waals surface area contributed by atoms with E-state index in [2.05, 4.69) is 17.2 Å². The van der Waals surface area contributed by atoms with Gasteiger partial charge < -0.3 is 15.8 Å². The van der Waals surface area contributed by atoms with Gasteiger partial charge in [-0.15, -0.1) is 11.3 Å². The SMILES string of the molecule is CCc1cnc(C(C)NC(=O)c2ccc(N)cc2OC)s1. The third-order valence-corrected chi connectivity index (χ3v) is 4.43. The molecule has 0 saturated heterocycles. The smallest absolute Gasteiger partial charge is 0.255 e. The zero-order valence-electron chi connectivity index (χ0n) is 12.3. The second-order valence-electron chi connectivity index (χ2n) is 4.67. The average molecular weight is 305 g/mol. The first-order chi connectivity index (χ1) is 10.0. The van der Waals surface area contributed by atoms with Crippen LogP contribution in [0.2, 0.25) is 0 Å². The van der Waals surface area contributed by atoms with Crippen LogP contribution in [0, 0.1) is 0 Å². The van der Waals surface area contributed by atoms with E-state index in [9.17, 15) is 4.79 Å². The molecule has 3 N–H and O–H groups in total. The Morgan fingerprint density at radius 1 is 1.52 bits per heavy atom. The standard InChI is InChI=1S/C15H19N3O2S/c1-4-11-8-17-15(21-11)9(2)18-14(19)12-6-5-10(16)7-13(12)20-3/h5-9H,4,16H2,1-3H3,(H,18,19). The summed E-state index contributed by atoms with van der Waals surface area (Å²) in [6, 6.07) is 4.83. The predicted molar refractivity (Wildman–Crippen MR) is 84.8 cm³/mol. The number of nitrogen functional groups attached to an aromatic ring is 1. The number of anilines is 1. The van der Waals surface area contributed by atoms with Crippen molar-refractivity contribution in [2.45, 2.75) is 26.3 Å². The quantitative estimate of drug-likeness (QED) is 0.833. The summed E-state index contributed by atoms with van der Waals surface area (Å²) in [4.78, 5) is 17.9. The Morgan fingerprint density at radius 2 is 2.29 bits per heavy atom. The predicted octanol–water partition coefficient (Wildman–Crippen LogP) is 2.79. The van der Waals surface area contributed by atoms with Gasteiger partial charge in [0.1, 0.15) is 10.8 Å². The van der Waals surface area contributed by atoms with Gasteiger partial charge in [-0.3, -0.25) is 4.79 Å². The Hall–Kier alpha value is -2.08. The molecule has 5 nitrogen and oxygen atoms in total. The maximum Gasteiger partial charge on any atom is 0.255 e. The average Bonchev–Trinajstić information content (AvgIpc) is 2.95. The maximum atomic E-state index is 12.3. The van der Waals surface area contributed by atoms with Crippen molar-refractivity contribution in [1.29, 1.82) is 0 Å². The van der Waals surface area contributed by atoms with Crippen molar-refractivity contribution >= 4 is 22.9 Å². The minimum absolute atomic E-state index is 0.148. The molecule has 2 rings (SSSR count). The van der Waals surface area contributed by atoms with E-state index in [1.54, 1.807) is 29.5 Å². The number of rotatable bonds is 5. The number of hydrogen-bond acceptors (Lipinski definition) is 5. The minimum atomic E-state index is -0.201. The monoisotopic (exact) mass is 305 g/mol. The van der Waals surface area contributed by atoms with Crippen molar-refractivity contribution in [3.8, 4) is 5.75 Å². The summed E-state index contributed by atoms with van der Waals surface area (Å²) in [7, 11) is 1.52. The third-order valence-electron chi connectivity index (χ3n) is 3.11. The number of aromatic nitrogens is 1. The lowest BCUT2D eigenvalue weighted by Gasteiger charge is -2.13. The van der Waals surface area contributed by atoms with Gasteiger partial charge in [0.25, 0.3) is 5.91 Å². The Labute approximate surface area is 128 Å². The Kier molecular flexibility index (Phi) is 4.80. The van der Waals surface area contributed by atoms with Crippen LogP contribution in [0.4, 0.5) is 5.69 Å². The first-order valence-electron chi connectivity index (χ1n) is 6.74. The Morgan fingerprint density at radius 3 is 2.90 bits per heavy atom. The molecule has 6 heteroatoms. The van der Waals surface area contributed by atoms with Gasteiger partial charge in [-0.25, -0.2) is 4.98 Å². The molecule has 1 atom stereocenters. The molecule has 112 valence electrons. The van der Waals surface area contributed by atoms with Gasteiger partial charge in [0, 0.05) is 22.8 Å². The molecule has 1 heterocycles. The van der Waals surface area contributed by atoms with E-state index in [-0.39, 0.29) is 11.9 Å². The first kappa shape index (κ1) is 15.3. The summed E-state index contributed by atoms with van der Waals surface area (Å²) >= 11 is 1.61. The number of hydrogen-bond donors (Lipinski definition) is 2. The molecule has 0 fully saturated rings. The summed E-state index contributed by atoms with van der Waals surface area (Å²) in [5.74, 6) is 0.265. The van der Waals surface area contributed by atoms with Crippen molar-refractivity contribution < 1.29 is 9.53 Å². The highest BCUT2D eigenvalue weighted by Gasteiger charge is 2.17. The second kappa shape index (κ2) is 6.58. The number of ether oxygens (including phenoxy) is 1. The number of benzene rings is 1. The van der Waals surface area contributed by atoms with Crippen LogP contribution in [0.25, 0.3) is 0 Å². The second-order valence-corrected chi connectivity index (χ2v) is 5.82. The molecule has 21 heavy (non-hydrogen) atoms. The van der Waals surface area contributed by atoms with Crippen LogP contribution in [0.1, 0.15) is 40.1 Å². The highest BCUT2D eigenvalue weighted by molar-refractivity contribution is 7.11. The number of carbonyl (C=O) groups excluding carboxylic acids is 1. The zero-order valence-corrected chi connectivity index (χ0v) is 13.2. The summed E-state index contributed by atoms with van der Waals surface area (Å²) < 4.78 is 5.20. The van der Waals surface area contributed by atoms with Crippen molar-refractivity contribution in [1.82, 2.24) is 10.3 Å². The number of amides is 1. The summed E-state index contributed by atoms with van der Waals surface area (Å²) in [5, 5.41) is 3.83. The zero-order chi connectivity index (χ0) is 15.4. The summed E-state index contributed by atoms with van der Waals surface area (Å²) in [5.41, 5.74) is 6.72. The highest BCUT2D eigenvalue weighted by Crippen LogP contribution is 2.24. The molecular formula is C15H19N3O2S. The summed E-state index contributed by atoms with van der Waals surface area (Å²) in [6.45, 7) is 4.00. The molecule has 1 amide bonds. The van der Waals surface area contributed by atoms with Crippen LogP contribution in [-0.4, -0.2) is 18.0 Å². The van der Waals surface area contributed by atoms with Gasteiger partial charge in [0.2, 0.25) is 0 Å². The number of carbonyl (C=O) groups is 1. The fraction of sp³-hybridized carbons (Fsp3) is 0.333. The van der Waals surface area contributed by atoms with Crippen molar-refractivity contribution in [3.05, 3.63) is 39.8 Å². The number of aryl methyl sites for hydroxylation is 1. The molecule has 0 radical (unpaired) electrons. The van der Waals surface area contributed by atoms with Gasteiger partial charge in [-0.1, -0.05) is 6.92 Å². The van der Waals surface area contributed by atoms with Crippen LogP contribution < -0.4 is 15.8 Å². The fourth-order valence-corrected chi connectivity index (χ4v) is 2.78. The van der Waals surface area contributed by atoms with Gasteiger partial charge in [-0.05, 0) is 25.5 Å². The van der Waals surface area contributed by atoms with Gasteiger partial charge in [0.05, 0.1) is 18.7 Å². The molecule has 0 bridgehead atoms. The van der Waals surface area contributed by atoms with Crippen LogP contribution >= 0.6 is 11.3 Å². The number of nitrogens with zero attached hydrogens (tertiary/aromatic N) is 1. The van der Waals surface area contributed by atoms with Crippen LogP contribution in [0.15, 0.2) is 24.4 Å². The van der Waals surface area contributed by atoms with E-state index in [4.69, 9.17) is 10.5 Å². The number of nitrogens with two attached hydrogens (primary N) is 1. The molecule has 1 unspecified atom stereocenters. The maximum absolute atomic E-state index is 12.3. The molecule has 0 aliphatic carbocycles. The molecule has 0 saturated carbocycles. The first-order valence-corrected chi connectivity index (χ1v) is 7.55. The van der Waals surface area contributed by atoms with E-state index < -0.39 is 0 Å². The lowest BCUT2D eigenvalue weighted by Crippen LogP contribution is -2.27. The normalized spacial score (nSPS) is 12.0. The van der Waals surface area contributed by atoms with Crippen molar-refractivity contribution in [2.75, 3.05) is 12.8 Å². The van der Waals surface area contributed by atoms with Gasteiger partial charge in [-0.2, -0.15) is 0 Å². The molecule has 1 aromatic heterocycles. The third kappa shape index (κ3) is 3.52. The van der Waals surface area contributed by atoms with Crippen LogP contribution in [0.3, 0.4) is 0 Å². The van der Waals surface area contributed by atoms with E-state index >= 15 is 0 Å². The summed E-state index contributed by atoms with van der Waals surface area (Å²) in [6.07, 6.45) is 2.80. The van der Waals surface area contributed by atoms with Crippen molar-refractivity contribution in [2.24, 2.45) is 0 Å². The van der Waals surface area contributed by atoms with E-state index in [1.807, 2.05) is 13.1 Å². The lowest BCUT2D eigenvalue weighted by atomic mass is 10.1. The minimum Gasteiger partial charge on any atom is -0.496 e. The number of nitrogens with one attached hydrogen (secondary N) is 1. The van der Waals surface area contributed by atoms with Gasteiger partial charge >= 0.3 is 0 Å². The van der Waals surface area contributed by atoms with Crippen LogP contribution in [-0.2, 0) is 6.42 Å². The van der Waals surface area contributed by atoms with Crippen LogP contribution in [0.5, 0.6) is 5.75 Å². The van der Waals surface area contributed by atoms with E-state index in [0.717, 1.165) is 11.4 Å². The molecule has 2 aromatic rings.